The van der Waals surface area contributed by atoms with Crippen molar-refractivity contribution in [1.82, 2.24) is 4.98 Å². The summed E-state index contributed by atoms with van der Waals surface area (Å²) in [6.07, 6.45) is -4.24. The molecule has 1 aromatic carbocycles. The lowest BCUT2D eigenvalue weighted by atomic mass is 10.2. The minimum Gasteiger partial charge on any atom is -0.399 e. The fraction of sp³-hybridized carbons (Fsp3) is 0.308. The summed E-state index contributed by atoms with van der Waals surface area (Å²) in [6, 6.07) is 8.44. The highest BCUT2D eigenvalue weighted by molar-refractivity contribution is 5.83. The Morgan fingerprint density at radius 2 is 1.95 bits per heavy atom. The highest BCUT2D eigenvalue weighted by Crippen LogP contribution is 2.23. The lowest BCUT2D eigenvalue weighted by Gasteiger charge is -2.23. The molecule has 0 fully saturated rings. The van der Waals surface area contributed by atoms with Gasteiger partial charge in [0.05, 0.1) is 5.52 Å². The average molecular weight is 269 g/mol. The fourth-order valence-electron chi connectivity index (χ4n) is 1.88. The summed E-state index contributed by atoms with van der Waals surface area (Å²) in [5.41, 5.74) is 6.88. The van der Waals surface area contributed by atoms with Gasteiger partial charge in [-0.1, -0.05) is 0 Å². The number of pyridine rings is 1. The van der Waals surface area contributed by atoms with Gasteiger partial charge < -0.3 is 10.6 Å². The number of rotatable bonds is 3. The van der Waals surface area contributed by atoms with E-state index in [0.717, 1.165) is 5.39 Å². The van der Waals surface area contributed by atoms with Gasteiger partial charge in [-0.05, 0) is 37.3 Å². The van der Waals surface area contributed by atoms with Crippen LogP contribution in [0.15, 0.2) is 30.3 Å². The fourth-order valence-corrected chi connectivity index (χ4v) is 1.88. The van der Waals surface area contributed by atoms with Gasteiger partial charge in [-0.2, -0.15) is 13.2 Å². The van der Waals surface area contributed by atoms with Crippen LogP contribution in [0.3, 0.4) is 0 Å². The Morgan fingerprint density at radius 1 is 1.21 bits per heavy atom. The zero-order chi connectivity index (χ0) is 14.0. The predicted molar refractivity (Wildman–Crippen MR) is 70.1 cm³/mol. The van der Waals surface area contributed by atoms with E-state index in [1.807, 2.05) is 0 Å². The second-order valence-corrected chi connectivity index (χ2v) is 4.25. The van der Waals surface area contributed by atoms with E-state index >= 15 is 0 Å². The first-order chi connectivity index (χ1) is 8.89. The second-order valence-electron chi connectivity index (χ2n) is 4.25. The standard InChI is InChI=1S/C13H14F3N3/c1-2-19(8-13(14,15)16)12-6-3-9-7-10(17)4-5-11(9)18-12/h3-7H,2,8,17H2,1H3. The summed E-state index contributed by atoms with van der Waals surface area (Å²) in [5, 5.41) is 0.812. The summed E-state index contributed by atoms with van der Waals surface area (Å²) in [5.74, 6) is 0.317. The summed E-state index contributed by atoms with van der Waals surface area (Å²) in [6.45, 7) is 0.907. The molecular formula is C13H14F3N3. The smallest absolute Gasteiger partial charge is 0.399 e. The first kappa shape index (κ1) is 13.5. The number of aromatic nitrogens is 1. The lowest BCUT2D eigenvalue weighted by Crippen LogP contribution is -2.34. The van der Waals surface area contributed by atoms with Crippen molar-refractivity contribution in [2.24, 2.45) is 0 Å². The number of nitrogens with two attached hydrogens (primary N) is 1. The van der Waals surface area contributed by atoms with E-state index in [0.29, 0.717) is 17.0 Å². The molecule has 0 bridgehead atoms. The SMILES string of the molecule is CCN(CC(F)(F)F)c1ccc2cc(N)ccc2n1. The van der Waals surface area contributed by atoms with E-state index < -0.39 is 12.7 Å². The molecule has 0 atom stereocenters. The molecule has 3 nitrogen and oxygen atoms in total. The van der Waals surface area contributed by atoms with E-state index in [1.54, 1.807) is 37.3 Å². The van der Waals surface area contributed by atoms with Crippen LogP contribution in [-0.2, 0) is 0 Å². The van der Waals surface area contributed by atoms with E-state index in [2.05, 4.69) is 4.98 Å². The van der Waals surface area contributed by atoms with E-state index in [1.165, 1.54) is 4.90 Å². The summed E-state index contributed by atoms with van der Waals surface area (Å²) in [4.78, 5) is 5.43. The molecule has 19 heavy (non-hydrogen) atoms. The zero-order valence-corrected chi connectivity index (χ0v) is 10.4. The number of fused-ring (bicyclic) bond motifs is 1. The number of hydrogen-bond acceptors (Lipinski definition) is 3. The van der Waals surface area contributed by atoms with Crippen LogP contribution in [0.1, 0.15) is 6.92 Å². The molecule has 1 heterocycles. The first-order valence-electron chi connectivity index (χ1n) is 5.87. The van der Waals surface area contributed by atoms with Gasteiger partial charge in [0.2, 0.25) is 0 Å². The van der Waals surface area contributed by atoms with Gasteiger partial charge in [0.15, 0.2) is 0 Å². The predicted octanol–water partition coefficient (Wildman–Crippen LogP) is 3.21. The Balaban J connectivity index is 2.36. The highest BCUT2D eigenvalue weighted by Gasteiger charge is 2.30. The average Bonchev–Trinajstić information content (AvgIpc) is 2.34. The van der Waals surface area contributed by atoms with Crippen molar-refractivity contribution in [3.05, 3.63) is 30.3 Å². The van der Waals surface area contributed by atoms with Gasteiger partial charge in [0.1, 0.15) is 12.4 Å². The molecule has 0 aliphatic rings. The maximum absolute atomic E-state index is 12.5. The second kappa shape index (κ2) is 4.95. The van der Waals surface area contributed by atoms with Crippen LogP contribution in [0, 0.1) is 0 Å². The van der Waals surface area contributed by atoms with Gasteiger partial charge in [-0.3, -0.25) is 0 Å². The molecule has 0 radical (unpaired) electrons. The molecule has 0 aliphatic carbocycles. The Labute approximate surface area is 108 Å². The Kier molecular flexibility index (Phi) is 3.50. The first-order valence-corrected chi connectivity index (χ1v) is 5.87. The van der Waals surface area contributed by atoms with Crippen LogP contribution in [-0.4, -0.2) is 24.2 Å². The van der Waals surface area contributed by atoms with Crippen molar-refractivity contribution in [2.45, 2.75) is 13.1 Å². The molecule has 2 N–H and O–H groups in total. The number of benzene rings is 1. The van der Waals surface area contributed by atoms with Crippen molar-refractivity contribution in [1.29, 1.82) is 0 Å². The summed E-state index contributed by atoms with van der Waals surface area (Å²) in [7, 11) is 0. The zero-order valence-electron chi connectivity index (χ0n) is 10.4. The Morgan fingerprint density at radius 3 is 2.58 bits per heavy atom. The van der Waals surface area contributed by atoms with Gasteiger partial charge in [0.25, 0.3) is 0 Å². The number of nitrogen functional groups attached to an aromatic ring is 1. The molecule has 6 heteroatoms. The molecule has 1 aromatic heterocycles. The monoisotopic (exact) mass is 269 g/mol. The number of anilines is 2. The number of halogens is 3. The molecule has 2 aromatic rings. The molecule has 0 amide bonds. The van der Waals surface area contributed by atoms with Crippen LogP contribution in [0.2, 0.25) is 0 Å². The molecular weight excluding hydrogens is 255 g/mol. The van der Waals surface area contributed by atoms with Crippen molar-refractivity contribution >= 4 is 22.4 Å². The molecule has 0 saturated carbocycles. The minimum absolute atomic E-state index is 0.243. The maximum atomic E-state index is 12.5. The van der Waals surface area contributed by atoms with Crippen LogP contribution in [0.25, 0.3) is 10.9 Å². The lowest BCUT2D eigenvalue weighted by molar-refractivity contribution is -0.119. The molecule has 0 aliphatic heterocycles. The molecule has 0 unspecified atom stereocenters. The molecule has 0 spiro atoms. The largest absolute Gasteiger partial charge is 0.405 e. The van der Waals surface area contributed by atoms with Gasteiger partial charge in [0, 0.05) is 17.6 Å². The van der Waals surface area contributed by atoms with Crippen LogP contribution in [0.4, 0.5) is 24.7 Å². The van der Waals surface area contributed by atoms with Gasteiger partial charge in [-0.25, -0.2) is 4.98 Å². The number of hydrogen-bond donors (Lipinski definition) is 1. The van der Waals surface area contributed by atoms with Gasteiger partial charge >= 0.3 is 6.18 Å². The number of nitrogens with zero attached hydrogens (tertiary/aromatic N) is 2. The van der Waals surface area contributed by atoms with Crippen molar-refractivity contribution in [2.75, 3.05) is 23.7 Å². The molecule has 102 valence electrons. The summed E-state index contributed by atoms with van der Waals surface area (Å²) < 4.78 is 37.4. The normalized spacial score (nSPS) is 11.8. The van der Waals surface area contributed by atoms with Crippen molar-refractivity contribution in [3.63, 3.8) is 0 Å². The third-order valence-corrected chi connectivity index (χ3v) is 2.77. The van der Waals surface area contributed by atoms with E-state index in [4.69, 9.17) is 5.73 Å². The molecule has 2 rings (SSSR count). The van der Waals surface area contributed by atoms with Crippen molar-refractivity contribution < 1.29 is 13.2 Å². The van der Waals surface area contributed by atoms with Crippen LogP contribution < -0.4 is 10.6 Å². The van der Waals surface area contributed by atoms with E-state index in [-0.39, 0.29) is 6.54 Å². The molecule has 0 saturated heterocycles. The highest BCUT2D eigenvalue weighted by atomic mass is 19.4. The Hall–Kier alpha value is -1.98. The third kappa shape index (κ3) is 3.27. The van der Waals surface area contributed by atoms with Crippen molar-refractivity contribution in [3.8, 4) is 0 Å². The van der Waals surface area contributed by atoms with Crippen LogP contribution in [0.5, 0.6) is 0 Å². The van der Waals surface area contributed by atoms with Crippen LogP contribution >= 0.6 is 0 Å². The van der Waals surface area contributed by atoms with E-state index in [9.17, 15) is 13.2 Å². The number of alkyl halides is 3. The topological polar surface area (TPSA) is 42.1 Å². The third-order valence-electron chi connectivity index (χ3n) is 2.77. The summed E-state index contributed by atoms with van der Waals surface area (Å²) >= 11 is 0. The minimum atomic E-state index is -4.24. The maximum Gasteiger partial charge on any atom is 0.405 e. The van der Waals surface area contributed by atoms with Gasteiger partial charge in [-0.15, -0.1) is 0 Å². The quantitative estimate of drug-likeness (QED) is 0.870. The Bertz CT molecular complexity index is 581.